The molecule has 196 valence electrons. The lowest BCUT2D eigenvalue weighted by Gasteiger charge is -2.23. The third kappa shape index (κ3) is 4.57. The average Bonchev–Trinajstić information content (AvgIpc) is 3.58. The number of carbonyl (C=O) groups is 1. The van der Waals surface area contributed by atoms with Gasteiger partial charge in [0.1, 0.15) is 29.3 Å². The standard InChI is InChI=1S/C31H28N4O4/c1-19-27-28(24(18-32)29(33)39-30(27)35(34-19)22-11-4-2-5-12-22)26-16-15-25(38-26)20-9-8-10-21(17-20)31(36)37-23-13-6-3-7-14-23/h2,4-5,8-12,15-17,23,28H,3,6-7,13-14,33H2,1H3. The Kier molecular flexibility index (Phi) is 6.41. The molecule has 2 aromatic heterocycles. The number of fused-ring (bicyclic) bond motifs is 1. The van der Waals surface area contributed by atoms with E-state index in [1.165, 1.54) is 6.42 Å². The SMILES string of the molecule is Cc1nn(-c2ccccc2)c2c1C(c1ccc(-c3cccc(C(=O)OC4CCCCC4)c3)o1)C(C#N)=C(N)O2. The van der Waals surface area contributed by atoms with Crippen LogP contribution in [0.3, 0.4) is 0 Å². The number of nitriles is 1. The molecular weight excluding hydrogens is 492 g/mol. The quantitative estimate of drug-likeness (QED) is 0.314. The van der Waals surface area contributed by atoms with E-state index < -0.39 is 5.92 Å². The molecule has 1 aliphatic heterocycles. The topological polar surface area (TPSA) is 116 Å². The monoisotopic (exact) mass is 520 g/mol. The van der Waals surface area contributed by atoms with Crippen molar-refractivity contribution in [2.75, 3.05) is 0 Å². The fourth-order valence-electron chi connectivity index (χ4n) is 5.41. The normalized spacial score (nSPS) is 17.3. The van der Waals surface area contributed by atoms with Gasteiger partial charge in [-0.15, -0.1) is 0 Å². The Hall–Kier alpha value is -4.77. The summed E-state index contributed by atoms with van der Waals surface area (Å²) in [6, 6.07) is 22.7. The molecule has 4 aromatic rings. The lowest BCUT2D eigenvalue weighted by molar-refractivity contribution is 0.0211. The number of ether oxygens (including phenoxy) is 2. The summed E-state index contributed by atoms with van der Waals surface area (Å²) in [7, 11) is 0. The molecule has 0 amide bonds. The number of nitrogens with two attached hydrogens (primary N) is 1. The van der Waals surface area contributed by atoms with Gasteiger partial charge in [0.05, 0.1) is 28.4 Å². The highest BCUT2D eigenvalue weighted by molar-refractivity contribution is 5.91. The number of rotatable bonds is 5. The lowest BCUT2D eigenvalue weighted by Crippen LogP contribution is -2.21. The van der Waals surface area contributed by atoms with E-state index in [0.717, 1.165) is 42.5 Å². The van der Waals surface area contributed by atoms with Crippen LogP contribution in [0, 0.1) is 18.3 Å². The zero-order valence-corrected chi connectivity index (χ0v) is 21.6. The number of para-hydroxylation sites is 1. The first-order valence-electron chi connectivity index (χ1n) is 13.2. The molecule has 2 N–H and O–H groups in total. The van der Waals surface area contributed by atoms with Gasteiger partial charge in [-0.25, -0.2) is 9.48 Å². The molecule has 1 unspecified atom stereocenters. The number of nitrogens with zero attached hydrogens (tertiary/aromatic N) is 3. The number of aryl methyl sites for hydroxylation is 1. The number of furan rings is 1. The second-order valence-electron chi connectivity index (χ2n) is 9.92. The van der Waals surface area contributed by atoms with E-state index in [1.807, 2.05) is 61.5 Å². The summed E-state index contributed by atoms with van der Waals surface area (Å²) in [5.74, 6) is 0.637. The molecule has 39 heavy (non-hydrogen) atoms. The van der Waals surface area contributed by atoms with Gasteiger partial charge in [-0.2, -0.15) is 10.4 Å². The first-order chi connectivity index (χ1) is 19.0. The van der Waals surface area contributed by atoms with Gasteiger partial charge in [0, 0.05) is 5.56 Å². The lowest BCUT2D eigenvalue weighted by atomic mass is 9.88. The summed E-state index contributed by atoms with van der Waals surface area (Å²) in [5.41, 5.74) is 9.93. The Bertz CT molecular complexity index is 1600. The molecular formula is C31H28N4O4. The third-order valence-electron chi connectivity index (χ3n) is 7.35. The summed E-state index contributed by atoms with van der Waals surface area (Å²) in [6.45, 7) is 1.87. The van der Waals surface area contributed by atoms with Crippen LogP contribution in [0.4, 0.5) is 0 Å². The highest BCUT2D eigenvalue weighted by atomic mass is 16.5. The highest BCUT2D eigenvalue weighted by Gasteiger charge is 2.38. The van der Waals surface area contributed by atoms with Crippen LogP contribution < -0.4 is 10.5 Å². The molecule has 0 spiro atoms. The number of aromatic nitrogens is 2. The minimum atomic E-state index is -0.593. The van der Waals surface area contributed by atoms with Gasteiger partial charge in [0.2, 0.25) is 11.8 Å². The molecule has 1 aliphatic carbocycles. The summed E-state index contributed by atoms with van der Waals surface area (Å²) in [4.78, 5) is 12.8. The molecule has 1 fully saturated rings. The molecule has 1 atom stereocenters. The fourth-order valence-corrected chi connectivity index (χ4v) is 5.41. The molecule has 3 heterocycles. The van der Waals surface area contributed by atoms with Crippen LogP contribution in [0.15, 0.2) is 82.6 Å². The van der Waals surface area contributed by atoms with Crippen molar-refractivity contribution in [2.45, 2.75) is 51.0 Å². The first-order valence-corrected chi connectivity index (χ1v) is 13.2. The third-order valence-corrected chi connectivity index (χ3v) is 7.35. The minimum absolute atomic E-state index is 0.0116. The Balaban J connectivity index is 1.34. The number of esters is 1. The second-order valence-corrected chi connectivity index (χ2v) is 9.92. The summed E-state index contributed by atoms with van der Waals surface area (Å²) >= 11 is 0. The van der Waals surface area contributed by atoms with Crippen molar-refractivity contribution in [1.82, 2.24) is 9.78 Å². The van der Waals surface area contributed by atoms with Crippen LogP contribution >= 0.6 is 0 Å². The van der Waals surface area contributed by atoms with Crippen molar-refractivity contribution in [3.05, 3.63) is 101 Å². The van der Waals surface area contributed by atoms with E-state index in [-0.39, 0.29) is 23.5 Å². The van der Waals surface area contributed by atoms with Crippen molar-refractivity contribution >= 4 is 5.97 Å². The summed E-state index contributed by atoms with van der Waals surface area (Å²) in [5, 5.41) is 14.7. The fraction of sp³-hybridized carbons (Fsp3) is 0.258. The molecule has 8 heteroatoms. The van der Waals surface area contributed by atoms with Gasteiger partial charge in [-0.05, 0) is 69.0 Å². The Morgan fingerprint density at radius 3 is 2.64 bits per heavy atom. The molecule has 8 nitrogen and oxygen atoms in total. The van der Waals surface area contributed by atoms with E-state index in [2.05, 4.69) is 6.07 Å². The number of allylic oxidation sites excluding steroid dienone is 1. The van der Waals surface area contributed by atoms with E-state index in [0.29, 0.717) is 28.7 Å². The van der Waals surface area contributed by atoms with Gasteiger partial charge in [-0.3, -0.25) is 0 Å². The predicted molar refractivity (Wildman–Crippen MR) is 144 cm³/mol. The van der Waals surface area contributed by atoms with Gasteiger partial charge < -0.3 is 19.6 Å². The van der Waals surface area contributed by atoms with E-state index in [9.17, 15) is 10.1 Å². The van der Waals surface area contributed by atoms with Crippen molar-refractivity contribution in [3.8, 4) is 29.0 Å². The second kappa shape index (κ2) is 10.2. The number of benzene rings is 2. The summed E-state index contributed by atoms with van der Waals surface area (Å²) in [6.07, 6.45) is 5.19. The van der Waals surface area contributed by atoms with Crippen LogP contribution in [0.1, 0.15) is 65.4 Å². The van der Waals surface area contributed by atoms with Crippen molar-refractivity contribution < 1.29 is 18.7 Å². The Labute approximate surface area is 226 Å². The molecule has 6 rings (SSSR count). The van der Waals surface area contributed by atoms with Crippen LogP contribution in [-0.4, -0.2) is 21.9 Å². The Morgan fingerprint density at radius 2 is 1.87 bits per heavy atom. The molecule has 0 bridgehead atoms. The molecule has 0 saturated heterocycles. The number of carbonyl (C=O) groups excluding carboxylic acids is 1. The zero-order chi connectivity index (χ0) is 26.9. The van der Waals surface area contributed by atoms with Gasteiger partial charge in [0.15, 0.2) is 0 Å². The molecule has 2 aromatic carbocycles. The maximum Gasteiger partial charge on any atom is 0.338 e. The minimum Gasteiger partial charge on any atom is -0.460 e. The van der Waals surface area contributed by atoms with Gasteiger partial charge in [-0.1, -0.05) is 36.8 Å². The van der Waals surface area contributed by atoms with Crippen LogP contribution in [0.5, 0.6) is 5.88 Å². The zero-order valence-electron chi connectivity index (χ0n) is 21.6. The molecule has 2 aliphatic rings. The van der Waals surface area contributed by atoms with Crippen molar-refractivity contribution in [2.24, 2.45) is 5.73 Å². The smallest absolute Gasteiger partial charge is 0.338 e. The van der Waals surface area contributed by atoms with Gasteiger partial charge >= 0.3 is 5.97 Å². The van der Waals surface area contributed by atoms with Crippen LogP contribution in [0.25, 0.3) is 17.0 Å². The van der Waals surface area contributed by atoms with Gasteiger partial charge in [0.25, 0.3) is 0 Å². The van der Waals surface area contributed by atoms with Crippen LogP contribution in [0.2, 0.25) is 0 Å². The number of hydrogen-bond acceptors (Lipinski definition) is 7. The summed E-state index contributed by atoms with van der Waals surface area (Å²) < 4.78 is 19.7. The number of hydrogen-bond donors (Lipinski definition) is 1. The molecule has 0 radical (unpaired) electrons. The average molecular weight is 521 g/mol. The van der Waals surface area contributed by atoms with Crippen molar-refractivity contribution in [3.63, 3.8) is 0 Å². The van der Waals surface area contributed by atoms with E-state index in [4.69, 9.17) is 24.7 Å². The van der Waals surface area contributed by atoms with Crippen LogP contribution in [-0.2, 0) is 4.74 Å². The maximum atomic E-state index is 12.8. The van der Waals surface area contributed by atoms with E-state index in [1.54, 1.807) is 16.8 Å². The highest BCUT2D eigenvalue weighted by Crippen LogP contribution is 2.45. The predicted octanol–water partition coefficient (Wildman–Crippen LogP) is 6.15. The first kappa shape index (κ1) is 24.6. The Morgan fingerprint density at radius 1 is 1.08 bits per heavy atom. The largest absolute Gasteiger partial charge is 0.460 e. The van der Waals surface area contributed by atoms with E-state index >= 15 is 0 Å². The maximum absolute atomic E-state index is 12.8. The van der Waals surface area contributed by atoms with Crippen molar-refractivity contribution in [1.29, 1.82) is 5.26 Å². The molecule has 1 saturated carbocycles.